The second kappa shape index (κ2) is 11.4. The van der Waals surface area contributed by atoms with Crippen LogP contribution >= 0.6 is 0 Å². The molecule has 10 aromatic rings. The van der Waals surface area contributed by atoms with Crippen LogP contribution in [-0.4, -0.2) is 15.0 Å². The summed E-state index contributed by atoms with van der Waals surface area (Å²) in [6.45, 7) is 0. The molecule has 0 radical (unpaired) electrons. The van der Waals surface area contributed by atoms with Gasteiger partial charge < -0.3 is 8.83 Å². The first-order chi connectivity index (χ1) is 24.7. The number of aromatic nitrogens is 3. The number of benzene rings is 6. The van der Waals surface area contributed by atoms with E-state index in [2.05, 4.69) is 89.9 Å². The van der Waals surface area contributed by atoms with Crippen LogP contribution in [0.5, 0.6) is 0 Å². The maximum absolute atomic E-state index is 6.16. The molecule has 0 aliphatic heterocycles. The topological polar surface area (TPSA) is 65.0 Å². The lowest BCUT2D eigenvalue weighted by Gasteiger charge is -2.13. The molecule has 6 aromatic carbocycles. The third-order valence-corrected chi connectivity index (χ3v) is 9.38. The summed E-state index contributed by atoms with van der Waals surface area (Å²) < 4.78 is 12.3. The van der Waals surface area contributed by atoms with Gasteiger partial charge in [0.1, 0.15) is 22.3 Å². The molecule has 0 aliphatic carbocycles. The summed E-state index contributed by atoms with van der Waals surface area (Å²) in [7, 11) is 0. The second-order valence-corrected chi connectivity index (χ2v) is 12.5. The van der Waals surface area contributed by atoms with Crippen LogP contribution in [0.15, 0.2) is 173 Å². The van der Waals surface area contributed by atoms with Crippen LogP contribution in [0.4, 0.5) is 0 Å². The van der Waals surface area contributed by atoms with Crippen molar-refractivity contribution < 1.29 is 8.83 Å². The molecule has 50 heavy (non-hydrogen) atoms. The van der Waals surface area contributed by atoms with E-state index >= 15 is 0 Å². The Bertz CT molecular complexity index is 2670. The van der Waals surface area contributed by atoms with Gasteiger partial charge in [-0.25, -0.2) is 9.97 Å². The molecule has 0 amide bonds. The molecule has 0 fully saturated rings. The van der Waals surface area contributed by atoms with E-state index in [0.717, 1.165) is 94.2 Å². The highest BCUT2D eigenvalue weighted by Crippen LogP contribution is 2.38. The molecule has 5 nitrogen and oxygen atoms in total. The van der Waals surface area contributed by atoms with E-state index in [0.29, 0.717) is 5.82 Å². The van der Waals surface area contributed by atoms with Gasteiger partial charge >= 0.3 is 0 Å². The highest BCUT2D eigenvalue weighted by Gasteiger charge is 2.16. The summed E-state index contributed by atoms with van der Waals surface area (Å²) in [5.41, 5.74) is 12.4. The Labute approximate surface area is 287 Å². The first-order valence-corrected chi connectivity index (χ1v) is 16.6. The summed E-state index contributed by atoms with van der Waals surface area (Å²) in [5, 5.41) is 4.33. The van der Waals surface area contributed by atoms with Crippen LogP contribution in [0.3, 0.4) is 0 Å². The van der Waals surface area contributed by atoms with E-state index in [1.807, 2.05) is 79.1 Å². The minimum absolute atomic E-state index is 0.664. The van der Waals surface area contributed by atoms with E-state index < -0.39 is 0 Å². The molecule has 0 saturated heterocycles. The predicted molar refractivity (Wildman–Crippen MR) is 202 cm³/mol. The maximum atomic E-state index is 6.16. The Morgan fingerprint density at radius 1 is 0.320 bits per heavy atom. The number of rotatable bonds is 5. The molecule has 10 rings (SSSR count). The number of nitrogens with zero attached hydrogens (tertiary/aromatic N) is 3. The monoisotopic (exact) mass is 641 g/mol. The quantitative estimate of drug-likeness (QED) is 0.187. The molecule has 0 N–H and O–H groups in total. The number of hydrogen-bond donors (Lipinski definition) is 0. The molecule has 5 heteroatoms. The largest absolute Gasteiger partial charge is 0.456 e. The summed E-state index contributed by atoms with van der Waals surface area (Å²) in [5.74, 6) is 0.664. The third kappa shape index (κ3) is 4.83. The summed E-state index contributed by atoms with van der Waals surface area (Å²) in [6, 6.07) is 52.0. The zero-order chi connectivity index (χ0) is 33.0. The second-order valence-electron chi connectivity index (χ2n) is 12.5. The van der Waals surface area contributed by atoms with Crippen molar-refractivity contribution in [2.75, 3.05) is 0 Å². The lowest BCUT2D eigenvalue weighted by atomic mass is 9.94. The van der Waals surface area contributed by atoms with Crippen molar-refractivity contribution in [2.24, 2.45) is 0 Å². The van der Waals surface area contributed by atoms with Gasteiger partial charge in [0.25, 0.3) is 0 Å². The van der Waals surface area contributed by atoms with Crippen LogP contribution in [0.1, 0.15) is 0 Å². The number of furan rings is 2. The van der Waals surface area contributed by atoms with Crippen molar-refractivity contribution in [3.63, 3.8) is 0 Å². The fourth-order valence-corrected chi connectivity index (χ4v) is 6.90. The first-order valence-electron chi connectivity index (χ1n) is 16.6. The lowest BCUT2D eigenvalue weighted by molar-refractivity contribution is 0.668. The van der Waals surface area contributed by atoms with Gasteiger partial charge in [0.2, 0.25) is 0 Å². The minimum atomic E-state index is 0.664. The molecular formula is C45H27N3O2. The van der Waals surface area contributed by atoms with Crippen molar-refractivity contribution in [2.45, 2.75) is 0 Å². The Balaban J connectivity index is 1.19. The van der Waals surface area contributed by atoms with E-state index in [4.69, 9.17) is 18.8 Å². The van der Waals surface area contributed by atoms with Gasteiger partial charge in [-0.2, -0.15) is 0 Å². The normalized spacial score (nSPS) is 11.6. The van der Waals surface area contributed by atoms with Crippen LogP contribution < -0.4 is 0 Å². The molecule has 0 saturated carbocycles. The fourth-order valence-electron chi connectivity index (χ4n) is 6.90. The summed E-state index contributed by atoms with van der Waals surface area (Å²) in [6.07, 6.45) is 3.66. The third-order valence-electron chi connectivity index (χ3n) is 9.38. The minimum Gasteiger partial charge on any atom is -0.456 e. The van der Waals surface area contributed by atoms with E-state index in [1.54, 1.807) is 0 Å². The molecular weight excluding hydrogens is 615 g/mol. The van der Waals surface area contributed by atoms with Gasteiger partial charge in [-0.3, -0.25) is 4.98 Å². The SMILES string of the molecule is c1ccc(-c2nc(-c3cc(-c4ccncc4)cc(-c4ccc5oc6ccccc6c5c4)c3)cc(-c3ccc4oc5ccccc5c4c3)n2)cc1. The van der Waals surface area contributed by atoms with Gasteiger partial charge in [0.05, 0.1) is 11.4 Å². The molecule has 4 heterocycles. The maximum Gasteiger partial charge on any atom is 0.160 e. The molecule has 0 atom stereocenters. The summed E-state index contributed by atoms with van der Waals surface area (Å²) >= 11 is 0. The van der Waals surface area contributed by atoms with Gasteiger partial charge in [-0.15, -0.1) is 0 Å². The predicted octanol–water partition coefficient (Wildman–Crippen LogP) is 12.0. The van der Waals surface area contributed by atoms with E-state index in [1.165, 1.54) is 0 Å². The first kappa shape index (κ1) is 28.2. The average Bonchev–Trinajstić information content (AvgIpc) is 3.76. The van der Waals surface area contributed by atoms with Crippen LogP contribution in [0.25, 0.3) is 100 Å². The number of para-hydroxylation sites is 2. The van der Waals surface area contributed by atoms with Crippen LogP contribution in [0, 0.1) is 0 Å². The number of fused-ring (bicyclic) bond motifs is 6. The van der Waals surface area contributed by atoms with Crippen molar-refractivity contribution in [1.29, 1.82) is 0 Å². The lowest BCUT2D eigenvalue weighted by Crippen LogP contribution is -1.96. The highest BCUT2D eigenvalue weighted by molar-refractivity contribution is 6.07. The van der Waals surface area contributed by atoms with Crippen molar-refractivity contribution in [3.8, 4) is 56.2 Å². The van der Waals surface area contributed by atoms with Crippen molar-refractivity contribution >= 4 is 43.9 Å². The standard InChI is InChI=1S/C45H27N3O2/c1-2-8-29(9-3-1)45-47-39(31-15-17-44-38(26-31)36-11-5-7-13-42(36)50-44)27-40(48-45)34-23-32(28-18-20-46-21-19-28)22-33(24-34)30-14-16-43-37(25-30)35-10-4-6-12-41(35)49-43/h1-27H. The molecule has 0 aliphatic rings. The van der Waals surface area contributed by atoms with Gasteiger partial charge in [0.15, 0.2) is 5.82 Å². The molecule has 4 aromatic heterocycles. The Hall–Kier alpha value is -6.85. The van der Waals surface area contributed by atoms with Crippen LogP contribution in [-0.2, 0) is 0 Å². The Morgan fingerprint density at radius 3 is 1.52 bits per heavy atom. The van der Waals surface area contributed by atoms with Gasteiger partial charge in [-0.1, -0.05) is 72.8 Å². The smallest absolute Gasteiger partial charge is 0.160 e. The summed E-state index contributed by atoms with van der Waals surface area (Å²) in [4.78, 5) is 14.6. The molecule has 0 spiro atoms. The number of pyridine rings is 1. The van der Waals surface area contributed by atoms with Crippen LogP contribution in [0.2, 0.25) is 0 Å². The average molecular weight is 642 g/mol. The van der Waals surface area contributed by atoms with Crippen molar-refractivity contribution in [3.05, 3.63) is 164 Å². The Morgan fingerprint density at radius 2 is 0.840 bits per heavy atom. The zero-order valence-electron chi connectivity index (χ0n) is 26.7. The zero-order valence-corrected chi connectivity index (χ0v) is 26.7. The van der Waals surface area contributed by atoms with Gasteiger partial charge in [-0.05, 0) is 101 Å². The number of hydrogen-bond acceptors (Lipinski definition) is 5. The van der Waals surface area contributed by atoms with E-state index in [9.17, 15) is 0 Å². The van der Waals surface area contributed by atoms with Crippen molar-refractivity contribution in [1.82, 2.24) is 15.0 Å². The van der Waals surface area contributed by atoms with Gasteiger partial charge in [0, 0.05) is 50.6 Å². The molecule has 234 valence electrons. The van der Waals surface area contributed by atoms with E-state index in [-0.39, 0.29) is 0 Å². The fraction of sp³-hybridized carbons (Fsp3) is 0. The highest BCUT2D eigenvalue weighted by atomic mass is 16.3. The molecule has 0 unspecified atom stereocenters. The molecule has 0 bridgehead atoms. The Kier molecular flexibility index (Phi) is 6.42.